The molecular weight excluding hydrogens is 545 g/mol. The normalized spacial score (nSPS) is 11.3. The van der Waals surface area contributed by atoms with Gasteiger partial charge in [0.25, 0.3) is 0 Å². The molecule has 0 saturated heterocycles. The van der Waals surface area contributed by atoms with E-state index in [4.69, 9.17) is 19.9 Å². The number of hydrogen-bond donors (Lipinski definition) is 0. The molecule has 4 nitrogen and oxygen atoms in total. The molecule has 0 unspecified atom stereocenters. The highest BCUT2D eigenvalue weighted by molar-refractivity contribution is 7.22. The topological polar surface area (TPSA) is 51.6 Å². The van der Waals surface area contributed by atoms with Crippen molar-refractivity contribution in [2.24, 2.45) is 0 Å². The fraction of sp³-hybridized carbons (Fsp3) is 0. The van der Waals surface area contributed by atoms with E-state index >= 15 is 0 Å². The van der Waals surface area contributed by atoms with Crippen LogP contribution in [0.5, 0.6) is 0 Å². The molecule has 8 rings (SSSR count). The van der Waals surface area contributed by atoms with Crippen molar-refractivity contribution in [3.63, 3.8) is 0 Å². The van der Waals surface area contributed by atoms with E-state index in [1.165, 1.54) is 11.1 Å². The van der Waals surface area contributed by atoms with E-state index in [1.807, 2.05) is 66.7 Å². The highest BCUT2D eigenvalue weighted by Gasteiger charge is 2.15. The quantitative estimate of drug-likeness (QED) is 0.207. The molecule has 0 N–H and O–H groups in total. The Morgan fingerprint density at radius 2 is 0.837 bits per heavy atom. The van der Waals surface area contributed by atoms with E-state index in [1.54, 1.807) is 11.3 Å². The van der Waals surface area contributed by atoms with E-state index in [-0.39, 0.29) is 0 Å². The molecule has 0 aliphatic rings. The molecule has 0 saturated carbocycles. The minimum absolute atomic E-state index is 0.646. The summed E-state index contributed by atoms with van der Waals surface area (Å²) >= 11 is 1.72. The first kappa shape index (κ1) is 25.2. The summed E-state index contributed by atoms with van der Waals surface area (Å²) in [4.78, 5) is 19.7. The van der Waals surface area contributed by atoms with Crippen molar-refractivity contribution in [1.29, 1.82) is 0 Å². The molecule has 202 valence electrons. The minimum Gasteiger partial charge on any atom is -0.236 e. The molecule has 0 fully saturated rings. The van der Waals surface area contributed by atoms with E-state index < -0.39 is 0 Å². The van der Waals surface area contributed by atoms with Gasteiger partial charge >= 0.3 is 0 Å². The van der Waals surface area contributed by atoms with E-state index in [2.05, 4.69) is 78.9 Å². The number of rotatable bonds is 5. The zero-order chi connectivity index (χ0) is 28.6. The van der Waals surface area contributed by atoms with Crippen molar-refractivity contribution < 1.29 is 0 Å². The van der Waals surface area contributed by atoms with Crippen LogP contribution in [0.15, 0.2) is 146 Å². The second-order valence-electron chi connectivity index (χ2n) is 10.4. The largest absolute Gasteiger partial charge is 0.236 e. The van der Waals surface area contributed by atoms with Gasteiger partial charge in [-0.05, 0) is 28.6 Å². The van der Waals surface area contributed by atoms with Crippen molar-refractivity contribution in [3.05, 3.63) is 146 Å². The summed E-state index contributed by atoms with van der Waals surface area (Å²) in [5.74, 6) is 1.96. The van der Waals surface area contributed by atoms with Crippen LogP contribution in [-0.2, 0) is 0 Å². The third-order valence-electron chi connectivity index (χ3n) is 7.57. The van der Waals surface area contributed by atoms with Gasteiger partial charge in [0.15, 0.2) is 17.5 Å². The van der Waals surface area contributed by atoms with Crippen molar-refractivity contribution in [2.45, 2.75) is 0 Å². The smallest absolute Gasteiger partial charge is 0.164 e. The maximum atomic E-state index is 5.02. The number of aromatic nitrogens is 4. The summed E-state index contributed by atoms with van der Waals surface area (Å²) in [5, 5.41) is 3.31. The Bertz CT molecular complexity index is 2150. The van der Waals surface area contributed by atoms with Gasteiger partial charge in [0.05, 0.1) is 10.2 Å². The number of benzene rings is 6. The van der Waals surface area contributed by atoms with Gasteiger partial charge in [-0.3, -0.25) is 0 Å². The lowest BCUT2D eigenvalue weighted by atomic mass is 10.0. The lowest BCUT2D eigenvalue weighted by Crippen LogP contribution is -2.00. The van der Waals surface area contributed by atoms with Crippen LogP contribution in [0.2, 0.25) is 0 Å². The monoisotopic (exact) mass is 568 g/mol. The number of thiazole rings is 1. The Kier molecular flexibility index (Phi) is 6.28. The third-order valence-corrected chi connectivity index (χ3v) is 8.72. The van der Waals surface area contributed by atoms with Gasteiger partial charge in [-0.1, -0.05) is 133 Å². The standard InChI is InChI=1S/C38H24N4S/c1-4-10-25(11-5-1)26-16-19-30(20-17-26)38-39-33-23-22-27-18-21-31(24-32(27)34(33)43-38)37-41-35(28-12-6-2-7-13-28)40-36(42-37)29-14-8-3-9-15-29/h1-24H. The number of hydrogen-bond acceptors (Lipinski definition) is 5. The van der Waals surface area contributed by atoms with Crippen molar-refractivity contribution in [1.82, 2.24) is 19.9 Å². The van der Waals surface area contributed by atoms with Crippen LogP contribution in [-0.4, -0.2) is 19.9 Å². The molecule has 8 aromatic rings. The van der Waals surface area contributed by atoms with E-state index in [0.29, 0.717) is 17.5 Å². The first-order chi connectivity index (χ1) is 21.3. The zero-order valence-electron chi connectivity index (χ0n) is 23.1. The molecule has 2 heterocycles. The Balaban J connectivity index is 1.23. The number of fused-ring (bicyclic) bond motifs is 3. The van der Waals surface area contributed by atoms with E-state index in [0.717, 1.165) is 48.3 Å². The minimum atomic E-state index is 0.646. The molecule has 5 heteroatoms. The molecular formula is C38H24N4S. The summed E-state index contributed by atoms with van der Waals surface area (Å²) < 4.78 is 1.15. The maximum Gasteiger partial charge on any atom is 0.164 e. The van der Waals surface area contributed by atoms with Crippen LogP contribution in [0, 0.1) is 0 Å². The summed E-state index contributed by atoms with van der Waals surface area (Å²) in [6, 6.07) is 49.9. The van der Waals surface area contributed by atoms with Crippen LogP contribution < -0.4 is 0 Å². The Morgan fingerprint density at radius 1 is 0.372 bits per heavy atom. The second kappa shape index (κ2) is 10.7. The van der Waals surface area contributed by atoms with Gasteiger partial charge in [-0.25, -0.2) is 19.9 Å². The molecule has 0 bridgehead atoms. The zero-order valence-corrected chi connectivity index (χ0v) is 23.9. The van der Waals surface area contributed by atoms with Crippen LogP contribution >= 0.6 is 11.3 Å². The summed E-state index contributed by atoms with van der Waals surface area (Å²) in [6.07, 6.45) is 0. The molecule has 0 amide bonds. The number of nitrogens with zero attached hydrogens (tertiary/aromatic N) is 4. The van der Waals surface area contributed by atoms with Gasteiger partial charge in [0.2, 0.25) is 0 Å². The van der Waals surface area contributed by atoms with Crippen LogP contribution in [0.1, 0.15) is 0 Å². The molecule has 0 aliphatic carbocycles. The molecule has 0 radical (unpaired) electrons. The lowest BCUT2D eigenvalue weighted by Gasteiger charge is -2.09. The predicted molar refractivity (Wildman–Crippen MR) is 178 cm³/mol. The van der Waals surface area contributed by atoms with Crippen LogP contribution in [0.4, 0.5) is 0 Å². The molecule has 2 aromatic heterocycles. The van der Waals surface area contributed by atoms with Gasteiger partial charge in [0, 0.05) is 27.6 Å². The van der Waals surface area contributed by atoms with Gasteiger partial charge in [0.1, 0.15) is 5.01 Å². The maximum absolute atomic E-state index is 5.02. The lowest BCUT2D eigenvalue weighted by molar-refractivity contribution is 1.07. The highest BCUT2D eigenvalue weighted by atomic mass is 32.1. The highest BCUT2D eigenvalue weighted by Crippen LogP contribution is 2.37. The second-order valence-corrected chi connectivity index (χ2v) is 11.3. The fourth-order valence-electron chi connectivity index (χ4n) is 5.34. The molecule has 43 heavy (non-hydrogen) atoms. The summed E-state index contributed by atoms with van der Waals surface area (Å²) in [5.41, 5.74) is 7.36. The predicted octanol–water partition coefficient (Wildman–Crippen LogP) is 9.97. The Morgan fingerprint density at radius 3 is 1.44 bits per heavy atom. The molecule has 0 aliphatic heterocycles. The summed E-state index contributed by atoms with van der Waals surface area (Å²) in [6.45, 7) is 0. The fourth-order valence-corrected chi connectivity index (χ4v) is 6.44. The van der Waals surface area contributed by atoms with E-state index in [9.17, 15) is 0 Å². The average Bonchev–Trinajstić information content (AvgIpc) is 3.54. The molecule has 0 spiro atoms. The molecule has 0 atom stereocenters. The van der Waals surface area contributed by atoms with Crippen molar-refractivity contribution in [3.8, 4) is 55.9 Å². The van der Waals surface area contributed by atoms with Gasteiger partial charge in [-0.15, -0.1) is 11.3 Å². The summed E-state index contributed by atoms with van der Waals surface area (Å²) in [7, 11) is 0. The van der Waals surface area contributed by atoms with Crippen molar-refractivity contribution in [2.75, 3.05) is 0 Å². The Hall–Kier alpha value is -5.52. The first-order valence-electron chi connectivity index (χ1n) is 14.1. The average molecular weight is 569 g/mol. The van der Waals surface area contributed by atoms with Crippen molar-refractivity contribution >= 4 is 32.3 Å². The van der Waals surface area contributed by atoms with Crippen LogP contribution in [0.25, 0.3) is 76.9 Å². The van der Waals surface area contributed by atoms with Crippen LogP contribution in [0.3, 0.4) is 0 Å². The Labute approximate surface area is 253 Å². The van der Waals surface area contributed by atoms with Gasteiger partial charge in [-0.2, -0.15) is 0 Å². The third kappa shape index (κ3) is 4.86. The first-order valence-corrected chi connectivity index (χ1v) is 15.0. The van der Waals surface area contributed by atoms with Gasteiger partial charge < -0.3 is 0 Å². The SMILES string of the molecule is c1ccc(-c2ccc(-c3nc4ccc5ccc(-c6nc(-c7ccccc7)nc(-c7ccccc7)n6)cc5c4s3)cc2)cc1. The molecule has 6 aromatic carbocycles.